The zero-order chi connectivity index (χ0) is 5.28. The molecule has 1 atom stereocenters. The molecule has 7 heavy (non-hydrogen) atoms. The van der Waals surface area contributed by atoms with Gasteiger partial charge in [-0.25, -0.2) is 0 Å². The van der Waals surface area contributed by atoms with Crippen LogP contribution in [0.15, 0.2) is 0 Å². The number of hydrogen-bond acceptors (Lipinski definition) is 3. The summed E-state index contributed by atoms with van der Waals surface area (Å²) in [5, 5.41) is 0. The average Bonchev–Trinajstić information content (AvgIpc) is 1.91. The lowest BCUT2D eigenvalue weighted by Gasteiger charge is -1.91. The van der Waals surface area contributed by atoms with Crippen molar-refractivity contribution in [3.8, 4) is 0 Å². The third-order valence-electron chi connectivity index (χ3n) is 0.867. The van der Waals surface area contributed by atoms with Crippen LogP contribution < -0.4 is 0 Å². The van der Waals surface area contributed by atoms with Crippen LogP contribution in [0.5, 0.6) is 0 Å². The fourth-order valence-electron chi connectivity index (χ4n) is 0.365. The van der Waals surface area contributed by atoms with Gasteiger partial charge >= 0.3 is 0 Å². The second-order valence-corrected chi connectivity index (χ2v) is 2.18. The number of hydrogen-bond donors (Lipinski definition) is 0. The van der Waals surface area contributed by atoms with E-state index in [1.165, 1.54) is 12.0 Å². The minimum absolute atomic E-state index is 0.162. The Bertz CT molecular complexity index is 91.7. The highest BCUT2D eigenvalue weighted by Crippen LogP contribution is 2.16. The fraction of sp³-hybridized carbons (Fsp3) is 0.750. The Labute approximate surface area is 46.4 Å². The van der Waals surface area contributed by atoms with Crippen molar-refractivity contribution in [1.82, 2.24) is 0 Å². The Kier molecular flexibility index (Phi) is 1.35. The van der Waals surface area contributed by atoms with Crippen LogP contribution >= 0.6 is 12.0 Å². The molecule has 0 N–H and O–H groups in total. The lowest BCUT2D eigenvalue weighted by Crippen LogP contribution is -2.10. The zero-order valence-electron chi connectivity index (χ0n) is 4.01. The molecule has 1 rings (SSSR count). The van der Waals surface area contributed by atoms with E-state index in [0.29, 0.717) is 5.75 Å². The first-order chi connectivity index (χ1) is 3.30. The largest absolute Gasteiger partial charge is 0.304 e. The van der Waals surface area contributed by atoms with Gasteiger partial charge in [0.15, 0.2) is 5.78 Å². The van der Waals surface area contributed by atoms with Gasteiger partial charge in [0.2, 0.25) is 0 Å². The van der Waals surface area contributed by atoms with Gasteiger partial charge in [0.25, 0.3) is 0 Å². The normalized spacial score (nSPS) is 31.6. The topological polar surface area (TPSA) is 26.3 Å². The Hall–Kier alpha value is -0.0200. The van der Waals surface area contributed by atoms with Crippen molar-refractivity contribution < 1.29 is 8.98 Å². The molecule has 1 aliphatic rings. The second-order valence-electron chi connectivity index (χ2n) is 1.47. The molecule has 0 radical (unpaired) electrons. The van der Waals surface area contributed by atoms with Gasteiger partial charge < -0.3 is 4.18 Å². The molecule has 0 aromatic rings. The molecule has 0 bridgehead atoms. The van der Waals surface area contributed by atoms with Gasteiger partial charge in [0.1, 0.15) is 6.10 Å². The molecule has 1 unspecified atom stereocenters. The predicted octanol–water partition coefficient (Wildman–Crippen LogP) is 0.622. The first-order valence-corrected chi connectivity index (χ1v) is 3.03. The summed E-state index contributed by atoms with van der Waals surface area (Å²) in [6.45, 7) is 1.77. The number of carbonyl (C=O) groups excluding carboxylic acids is 1. The molecular weight excluding hydrogens is 112 g/mol. The van der Waals surface area contributed by atoms with Crippen molar-refractivity contribution in [3.05, 3.63) is 0 Å². The summed E-state index contributed by atoms with van der Waals surface area (Å²) in [5.41, 5.74) is 0. The van der Waals surface area contributed by atoms with E-state index in [-0.39, 0.29) is 11.9 Å². The summed E-state index contributed by atoms with van der Waals surface area (Å²) in [5.74, 6) is 0.728. The van der Waals surface area contributed by atoms with Gasteiger partial charge in [-0.3, -0.25) is 4.79 Å². The molecular formula is C4H6O2S. The van der Waals surface area contributed by atoms with Crippen LogP contribution in [0.25, 0.3) is 0 Å². The molecule has 0 aromatic heterocycles. The van der Waals surface area contributed by atoms with Gasteiger partial charge in [0, 0.05) is 0 Å². The Morgan fingerprint density at radius 2 is 2.71 bits per heavy atom. The van der Waals surface area contributed by atoms with Crippen molar-refractivity contribution >= 4 is 17.8 Å². The highest BCUT2D eigenvalue weighted by molar-refractivity contribution is 7.95. The van der Waals surface area contributed by atoms with E-state index in [0.717, 1.165) is 0 Å². The number of ketones is 1. The first kappa shape index (κ1) is 5.12. The molecule has 0 aromatic carbocycles. The molecule has 3 heteroatoms. The van der Waals surface area contributed by atoms with Crippen molar-refractivity contribution in [3.63, 3.8) is 0 Å². The summed E-state index contributed by atoms with van der Waals surface area (Å²) in [7, 11) is 0. The molecule has 0 aliphatic carbocycles. The van der Waals surface area contributed by atoms with Gasteiger partial charge in [-0.15, -0.1) is 0 Å². The van der Waals surface area contributed by atoms with Gasteiger partial charge in [-0.1, -0.05) is 0 Å². The molecule has 40 valence electrons. The van der Waals surface area contributed by atoms with Crippen LogP contribution in [0.4, 0.5) is 0 Å². The van der Waals surface area contributed by atoms with Crippen LogP contribution in [0, 0.1) is 0 Å². The van der Waals surface area contributed by atoms with E-state index in [9.17, 15) is 4.79 Å². The molecule has 0 amide bonds. The Morgan fingerprint density at radius 3 is 2.86 bits per heavy atom. The van der Waals surface area contributed by atoms with E-state index >= 15 is 0 Å². The molecule has 2 nitrogen and oxygen atoms in total. The lowest BCUT2D eigenvalue weighted by atomic mass is 10.3. The second kappa shape index (κ2) is 1.84. The maximum absolute atomic E-state index is 10.4. The summed E-state index contributed by atoms with van der Waals surface area (Å²) in [6, 6.07) is 0. The summed E-state index contributed by atoms with van der Waals surface area (Å²) in [4.78, 5) is 10.4. The van der Waals surface area contributed by atoms with Crippen LogP contribution in [-0.4, -0.2) is 17.6 Å². The van der Waals surface area contributed by atoms with Gasteiger partial charge in [-0.05, 0) is 19.0 Å². The minimum atomic E-state index is -0.162. The summed E-state index contributed by atoms with van der Waals surface area (Å²) < 4.78 is 4.83. The Balaban J connectivity index is 2.48. The molecule has 1 fully saturated rings. The number of Topliss-reactive ketones (excluding diaryl/α,β-unsaturated/α-hetero) is 1. The lowest BCUT2D eigenvalue weighted by molar-refractivity contribution is -0.120. The van der Waals surface area contributed by atoms with Crippen LogP contribution in [0.2, 0.25) is 0 Å². The third kappa shape index (κ3) is 0.951. The standard InChI is InChI=1S/C4H6O2S/c1-3-4(5)2-7-6-3/h3H,2H2,1H3. The maximum Gasteiger partial charge on any atom is 0.174 e. The SMILES string of the molecule is CC1OSCC1=O. The van der Waals surface area contributed by atoms with E-state index in [2.05, 4.69) is 0 Å². The van der Waals surface area contributed by atoms with Crippen LogP contribution in [0.3, 0.4) is 0 Å². The van der Waals surface area contributed by atoms with Crippen LogP contribution in [-0.2, 0) is 8.98 Å². The zero-order valence-corrected chi connectivity index (χ0v) is 4.83. The smallest absolute Gasteiger partial charge is 0.174 e. The third-order valence-corrected chi connectivity index (χ3v) is 1.69. The summed E-state index contributed by atoms with van der Waals surface area (Å²) in [6.07, 6.45) is -0.162. The molecule has 1 saturated heterocycles. The van der Waals surface area contributed by atoms with Crippen LogP contribution in [0.1, 0.15) is 6.92 Å². The van der Waals surface area contributed by atoms with Gasteiger partial charge in [0.05, 0.1) is 5.75 Å². The maximum atomic E-state index is 10.4. The molecule has 1 heterocycles. The molecule has 0 spiro atoms. The monoisotopic (exact) mass is 118 g/mol. The number of carbonyl (C=O) groups is 1. The highest BCUT2D eigenvalue weighted by Gasteiger charge is 2.20. The average molecular weight is 118 g/mol. The fourth-order valence-corrected chi connectivity index (χ4v) is 1.10. The van der Waals surface area contributed by atoms with Crippen molar-refractivity contribution in [2.24, 2.45) is 0 Å². The molecule has 1 aliphatic heterocycles. The van der Waals surface area contributed by atoms with Crippen molar-refractivity contribution in [1.29, 1.82) is 0 Å². The Morgan fingerprint density at radius 1 is 2.00 bits per heavy atom. The van der Waals surface area contributed by atoms with E-state index in [4.69, 9.17) is 4.18 Å². The van der Waals surface area contributed by atoms with Gasteiger partial charge in [-0.2, -0.15) is 0 Å². The predicted molar refractivity (Wildman–Crippen MR) is 28.0 cm³/mol. The minimum Gasteiger partial charge on any atom is -0.304 e. The quantitative estimate of drug-likeness (QED) is 0.436. The van der Waals surface area contributed by atoms with Crippen molar-refractivity contribution in [2.75, 3.05) is 5.75 Å². The highest BCUT2D eigenvalue weighted by atomic mass is 32.2. The van der Waals surface area contributed by atoms with Crippen molar-refractivity contribution in [2.45, 2.75) is 13.0 Å². The molecule has 0 saturated carbocycles. The number of rotatable bonds is 0. The van der Waals surface area contributed by atoms with E-state index < -0.39 is 0 Å². The first-order valence-electron chi connectivity index (χ1n) is 2.11. The van der Waals surface area contributed by atoms with E-state index in [1.807, 2.05) is 0 Å². The summed E-state index contributed by atoms with van der Waals surface area (Å²) >= 11 is 1.24. The van der Waals surface area contributed by atoms with E-state index in [1.54, 1.807) is 6.92 Å².